The minimum Gasteiger partial charge on any atom is -0.497 e. The molecule has 1 rings (SSSR count). The average molecular weight is 350 g/mol. The zero-order valence-electron chi connectivity index (χ0n) is 16.1. The number of nitrogens with zero attached hydrogens (tertiary/aromatic N) is 1. The Labute approximate surface area is 150 Å². The number of amides is 2. The SMILES string of the molecule is CCCCN(C)C(=O)C(NC(=O)c1cc(OC)cc(OC)c1)C(C)C. The van der Waals surface area contributed by atoms with Crippen LogP contribution in [-0.2, 0) is 4.79 Å². The topological polar surface area (TPSA) is 67.9 Å². The molecule has 6 nitrogen and oxygen atoms in total. The van der Waals surface area contributed by atoms with Crippen molar-refractivity contribution in [1.29, 1.82) is 0 Å². The summed E-state index contributed by atoms with van der Waals surface area (Å²) in [5, 5.41) is 2.85. The van der Waals surface area contributed by atoms with Crippen LogP contribution in [0.15, 0.2) is 18.2 Å². The third kappa shape index (κ3) is 5.96. The van der Waals surface area contributed by atoms with Gasteiger partial charge in [-0.05, 0) is 24.5 Å². The van der Waals surface area contributed by atoms with Gasteiger partial charge < -0.3 is 19.7 Å². The Balaban J connectivity index is 2.95. The highest BCUT2D eigenvalue weighted by atomic mass is 16.5. The van der Waals surface area contributed by atoms with Gasteiger partial charge in [0.25, 0.3) is 5.91 Å². The Morgan fingerprint density at radius 2 is 1.68 bits per heavy atom. The first kappa shape index (κ1) is 20.8. The van der Waals surface area contributed by atoms with Gasteiger partial charge in [0.2, 0.25) is 5.91 Å². The first-order valence-electron chi connectivity index (χ1n) is 8.62. The molecule has 2 amide bonds. The van der Waals surface area contributed by atoms with Crippen molar-refractivity contribution in [1.82, 2.24) is 10.2 Å². The molecule has 1 atom stereocenters. The van der Waals surface area contributed by atoms with Gasteiger partial charge in [0, 0.05) is 25.2 Å². The molecular formula is C19H30N2O4. The first-order chi connectivity index (χ1) is 11.8. The van der Waals surface area contributed by atoms with Crippen LogP contribution in [0.4, 0.5) is 0 Å². The summed E-state index contributed by atoms with van der Waals surface area (Å²) < 4.78 is 10.4. The van der Waals surface area contributed by atoms with Crippen LogP contribution in [0.1, 0.15) is 44.0 Å². The standard InChI is InChI=1S/C19H30N2O4/c1-7-8-9-21(4)19(23)17(13(2)3)20-18(22)14-10-15(24-5)12-16(11-14)25-6/h10-13,17H,7-9H2,1-6H3,(H,20,22). The van der Waals surface area contributed by atoms with Gasteiger partial charge in [0.1, 0.15) is 17.5 Å². The highest BCUT2D eigenvalue weighted by Gasteiger charge is 2.27. The second-order valence-electron chi connectivity index (χ2n) is 6.41. The second kappa shape index (κ2) is 9.91. The Bertz CT molecular complexity index is 565. The van der Waals surface area contributed by atoms with E-state index in [1.165, 1.54) is 14.2 Å². The monoisotopic (exact) mass is 350 g/mol. The summed E-state index contributed by atoms with van der Waals surface area (Å²) in [4.78, 5) is 27.0. The average Bonchev–Trinajstić information content (AvgIpc) is 2.62. The lowest BCUT2D eigenvalue weighted by atomic mass is 10.0. The van der Waals surface area contributed by atoms with Crippen molar-refractivity contribution in [2.45, 2.75) is 39.7 Å². The van der Waals surface area contributed by atoms with Crippen molar-refractivity contribution in [2.75, 3.05) is 27.8 Å². The lowest BCUT2D eigenvalue weighted by molar-refractivity contribution is -0.133. The van der Waals surface area contributed by atoms with E-state index in [9.17, 15) is 9.59 Å². The molecular weight excluding hydrogens is 320 g/mol. The summed E-state index contributed by atoms with van der Waals surface area (Å²) >= 11 is 0. The molecule has 0 aliphatic rings. The lowest BCUT2D eigenvalue weighted by Crippen LogP contribution is -2.50. The Hall–Kier alpha value is -2.24. The van der Waals surface area contributed by atoms with Crippen LogP contribution in [0.5, 0.6) is 11.5 Å². The van der Waals surface area contributed by atoms with Gasteiger partial charge in [-0.1, -0.05) is 27.2 Å². The van der Waals surface area contributed by atoms with Gasteiger partial charge in [0.05, 0.1) is 14.2 Å². The summed E-state index contributed by atoms with van der Waals surface area (Å²) in [5.41, 5.74) is 0.394. The molecule has 0 saturated heterocycles. The van der Waals surface area contributed by atoms with E-state index in [4.69, 9.17) is 9.47 Å². The van der Waals surface area contributed by atoms with E-state index >= 15 is 0 Å². The predicted molar refractivity (Wildman–Crippen MR) is 98.2 cm³/mol. The van der Waals surface area contributed by atoms with E-state index in [1.807, 2.05) is 13.8 Å². The van der Waals surface area contributed by atoms with Crippen molar-refractivity contribution >= 4 is 11.8 Å². The number of ether oxygens (including phenoxy) is 2. The van der Waals surface area contributed by atoms with Gasteiger partial charge >= 0.3 is 0 Å². The number of carbonyl (C=O) groups excluding carboxylic acids is 2. The summed E-state index contributed by atoms with van der Waals surface area (Å²) in [5.74, 6) is 0.627. The molecule has 0 aliphatic carbocycles. The van der Waals surface area contributed by atoms with Gasteiger partial charge in [-0.15, -0.1) is 0 Å². The van der Waals surface area contributed by atoms with Crippen LogP contribution in [0.3, 0.4) is 0 Å². The van der Waals surface area contributed by atoms with Crippen LogP contribution in [0, 0.1) is 5.92 Å². The third-order valence-corrected chi connectivity index (χ3v) is 4.06. The van der Waals surface area contributed by atoms with E-state index < -0.39 is 6.04 Å². The molecule has 140 valence electrons. The van der Waals surface area contributed by atoms with Gasteiger partial charge in [-0.2, -0.15) is 0 Å². The molecule has 0 spiro atoms. The summed E-state index contributed by atoms with van der Waals surface area (Å²) in [7, 11) is 4.83. The number of methoxy groups -OCH3 is 2. The molecule has 0 heterocycles. The summed E-state index contributed by atoms with van der Waals surface area (Å²) in [6.45, 7) is 6.60. The number of hydrogen-bond acceptors (Lipinski definition) is 4. The molecule has 0 radical (unpaired) electrons. The molecule has 0 fully saturated rings. The van der Waals surface area contributed by atoms with Crippen molar-refractivity contribution < 1.29 is 19.1 Å². The van der Waals surface area contributed by atoms with Gasteiger partial charge in [0.15, 0.2) is 0 Å². The number of carbonyl (C=O) groups is 2. The van der Waals surface area contributed by atoms with Crippen molar-refractivity contribution in [3.05, 3.63) is 23.8 Å². The minimum atomic E-state index is -0.577. The molecule has 1 aromatic carbocycles. The first-order valence-corrected chi connectivity index (χ1v) is 8.62. The molecule has 0 aromatic heterocycles. The van der Waals surface area contributed by atoms with E-state index in [-0.39, 0.29) is 17.7 Å². The van der Waals surface area contributed by atoms with Crippen LogP contribution >= 0.6 is 0 Å². The predicted octanol–water partition coefficient (Wildman–Crippen LogP) is 2.72. The highest BCUT2D eigenvalue weighted by Crippen LogP contribution is 2.22. The van der Waals surface area contributed by atoms with Crippen LogP contribution in [-0.4, -0.2) is 50.6 Å². The number of benzene rings is 1. The normalized spacial score (nSPS) is 11.8. The van der Waals surface area contributed by atoms with E-state index in [0.29, 0.717) is 23.6 Å². The van der Waals surface area contributed by atoms with Gasteiger partial charge in [-0.3, -0.25) is 9.59 Å². The Kier molecular flexibility index (Phi) is 8.25. The lowest BCUT2D eigenvalue weighted by Gasteiger charge is -2.27. The maximum absolute atomic E-state index is 12.7. The fourth-order valence-electron chi connectivity index (χ4n) is 2.42. The third-order valence-electron chi connectivity index (χ3n) is 4.06. The number of hydrogen-bond donors (Lipinski definition) is 1. The zero-order valence-corrected chi connectivity index (χ0v) is 16.1. The van der Waals surface area contributed by atoms with Crippen molar-refractivity contribution in [3.63, 3.8) is 0 Å². The molecule has 1 unspecified atom stereocenters. The number of nitrogens with one attached hydrogen (secondary N) is 1. The molecule has 6 heteroatoms. The van der Waals surface area contributed by atoms with Crippen molar-refractivity contribution in [3.8, 4) is 11.5 Å². The molecule has 0 aliphatic heterocycles. The van der Waals surface area contributed by atoms with E-state index in [0.717, 1.165) is 12.8 Å². The number of rotatable bonds is 9. The molecule has 0 bridgehead atoms. The van der Waals surface area contributed by atoms with Crippen LogP contribution < -0.4 is 14.8 Å². The summed E-state index contributed by atoms with van der Waals surface area (Å²) in [6.07, 6.45) is 1.95. The number of unbranched alkanes of at least 4 members (excludes halogenated alkanes) is 1. The minimum absolute atomic E-state index is 0.0203. The quantitative estimate of drug-likeness (QED) is 0.743. The maximum Gasteiger partial charge on any atom is 0.252 e. The van der Waals surface area contributed by atoms with Crippen LogP contribution in [0.2, 0.25) is 0 Å². The molecule has 25 heavy (non-hydrogen) atoms. The van der Waals surface area contributed by atoms with E-state index in [1.54, 1.807) is 30.1 Å². The fraction of sp³-hybridized carbons (Fsp3) is 0.579. The zero-order chi connectivity index (χ0) is 19.0. The number of likely N-dealkylation sites (N-methyl/N-ethyl adjacent to an activating group) is 1. The second-order valence-corrected chi connectivity index (χ2v) is 6.41. The van der Waals surface area contributed by atoms with Crippen molar-refractivity contribution in [2.24, 2.45) is 5.92 Å². The smallest absolute Gasteiger partial charge is 0.252 e. The Morgan fingerprint density at radius 3 is 2.12 bits per heavy atom. The van der Waals surface area contributed by atoms with Crippen LogP contribution in [0.25, 0.3) is 0 Å². The maximum atomic E-state index is 12.7. The highest BCUT2D eigenvalue weighted by molar-refractivity contribution is 5.98. The molecule has 1 aromatic rings. The molecule has 1 N–H and O–H groups in total. The summed E-state index contributed by atoms with van der Waals surface area (Å²) in [6, 6.07) is 4.37. The fourth-order valence-corrected chi connectivity index (χ4v) is 2.42. The Morgan fingerprint density at radius 1 is 1.12 bits per heavy atom. The molecule has 0 saturated carbocycles. The van der Waals surface area contributed by atoms with E-state index in [2.05, 4.69) is 12.2 Å². The largest absolute Gasteiger partial charge is 0.497 e. The van der Waals surface area contributed by atoms with Gasteiger partial charge in [-0.25, -0.2) is 0 Å².